The van der Waals surface area contributed by atoms with Crippen LogP contribution in [0.5, 0.6) is 11.5 Å². The Hall–Kier alpha value is -1.45. The molecule has 2 rings (SSSR count). The molecule has 0 fully saturated rings. The molecule has 0 atom stereocenters. The van der Waals surface area contributed by atoms with Gasteiger partial charge < -0.3 is 25.8 Å². The van der Waals surface area contributed by atoms with Crippen molar-refractivity contribution in [2.24, 2.45) is 5.73 Å². The van der Waals surface area contributed by atoms with Crippen LogP contribution in [0.15, 0.2) is 48.5 Å². The van der Waals surface area contributed by atoms with Crippen LogP contribution in [0.4, 0.5) is 11.4 Å². The number of hydrogen-bond donors (Lipinski definition) is 4. The topological polar surface area (TPSA) is 85.6 Å². The SMILES string of the molecule is CCOc1ccc(NC(=S)Nc2ccc(OCC)cc2)cc1.NC(=O)CS.[NaH]. The molecule has 4 N–H and O–H groups in total. The van der Waals surface area contributed by atoms with Gasteiger partial charge in [0, 0.05) is 11.4 Å². The molecule has 2 aromatic carbocycles. The first-order valence-electron chi connectivity index (χ1n) is 8.41. The average molecular weight is 432 g/mol. The number of ether oxygens (including phenoxy) is 2. The van der Waals surface area contributed by atoms with Gasteiger partial charge in [-0.25, -0.2) is 0 Å². The summed E-state index contributed by atoms with van der Waals surface area (Å²) < 4.78 is 10.8. The van der Waals surface area contributed by atoms with E-state index in [2.05, 4.69) is 29.0 Å². The summed E-state index contributed by atoms with van der Waals surface area (Å²) in [7, 11) is 0. The van der Waals surface area contributed by atoms with Crippen molar-refractivity contribution >= 4 is 76.8 Å². The molecule has 0 unspecified atom stereocenters. The number of thiocarbonyl (C=S) groups is 1. The van der Waals surface area contributed by atoms with Crippen LogP contribution in [0, 0.1) is 0 Å². The minimum atomic E-state index is -0.381. The number of nitrogens with two attached hydrogens (primary N) is 1. The van der Waals surface area contributed by atoms with E-state index in [0.717, 1.165) is 22.9 Å². The molecule has 6 nitrogen and oxygen atoms in total. The van der Waals surface area contributed by atoms with Gasteiger partial charge in [-0.05, 0) is 74.6 Å². The molecule has 28 heavy (non-hydrogen) atoms. The molecule has 9 heteroatoms. The zero-order valence-corrected chi connectivity index (χ0v) is 17.1. The summed E-state index contributed by atoms with van der Waals surface area (Å²) in [5, 5.41) is 6.80. The molecule has 148 valence electrons. The second-order valence-electron chi connectivity index (χ2n) is 5.12. The Morgan fingerprint density at radius 3 is 1.50 bits per heavy atom. The van der Waals surface area contributed by atoms with Gasteiger partial charge in [0.15, 0.2) is 5.11 Å². The second-order valence-corrected chi connectivity index (χ2v) is 5.84. The molecule has 0 heterocycles. The number of amides is 1. The minimum absolute atomic E-state index is 0. The molecular weight excluding hydrogens is 405 g/mol. The number of anilines is 2. The first-order valence-corrected chi connectivity index (χ1v) is 9.45. The van der Waals surface area contributed by atoms with Crippen molar-refractivity contribution in [2.75, 3.05) is 29.6 Å². The number of thiol groups is 1. The van der Waals surface area contributed by atoms with Crippen molar-refractivity contribution in [1.82, 2.24) is 0 Å². The summed E-state index contributed by atoms with van der Waals surface area (Å²) in [6.07, 6.45) is 0. The van der Waals surface area contributed by atoms with E-state index in [4.69, 9.17) is 21.7 Å². The van der Waals surface area contributed by atoms with Crippen molar-refractivity contribution in [3.05, 3.63) is 48.5 Å². The van der Waals surface area contributed by atoms with Crippen LogP contribution in [0.1, 0.15) is 13.8 Å². The van der Waals surface area contributed by atoms with Crippen molar-refractivity contribution in [2.45, 2.75) is 13.8 Å². The predicted molar refractivity (Wildman–Crippen MR) is 125 cm³/mol. The molecule has 0 spiro atoms. The summed E-state index contributed by atoms with van der Waals surface area (Å²) in [5.74, 6) is 1.45. The van der Waals surface area contributed by atoms with Gasteiger partial charge in [0.05, 0.1) is 19.0 Å². The van der Waals surface area contributed by atoms with Crippen LogP contribution in [0.2, 0.25) is 0 Å². The van der Waals surface area contributed by atoms with Gasteiger partial charge in [0.25, 0.3) is 0 Å². The van der Waals surface area contributed by atoms with Gasteiger partial charge in [0.2, 0.25) is 5.91 Å². The van der Waals surface area contributed by atoms with Gasteiger partial charge in [0.1, 0.15) is 11.5 Å². The van der Waals surface area contributed by atoms with E-state index in [9.17, 15) is 4.79 Å². The first kappa shape index (κ1) is 26.6. The molecule has 1 amide bonds. The molecule has 0 bridgehead atoms. The summed E-state index contributed by atoms with van der Waals surface area (Å²) in [6.45, 7) is 5.24. The quantitative estimate of drug-likeness (QED) is 0.306. The number of hydrogen-bond acceptors (Lipinski definition) is 5. The Morgan fingerprint density at radius 1 is 0.929 bits per heavy atom. The van der Waals surface area contributed by atoms with Crippen molar-refractivity contribution in [3.63, 3.8) is 0 Å². The molecule has 0 aliphatic heterocycles. The van der Waals surface area contributed by atoms with E-state index in [1.807, 2.05) is 62.4 Å². The van der Waals surface area contributed by atoms with Gasteiger partial charge in [-0.3, -0.25) is 4.79 Å². The molecule has 0 aromatic heterocycles. The summed E-state index contributed by atoms with van der Waals surface area (Å²) in [5.41, 5.74) is 6.39. The van der Waals surface area contributed by atoms with Crippen molar-refractivity contribution in [3.8, 4) is 11.5 Å². The van der Waals surface area contributed by atoms with E-state index >= 15 is 0 Å². The van der Waals surface area contributed by atoms with Crippen LogP contribution < -0.4 is 25.8 Å². The third kappa shape index (κ3) is 11.4. The zero-order chi connectivity index (χ0) is 20.1. The monoisotopic (exact) mass is 431 g/mol. The molecule has 0 radical (unpaired) electrons. The fraction of sp³-hybridized carbons (Fsp3) is 0.263. The van der Waals surface area contributed by atoms with Crippen LogP contribution in [0.25, 0.3) is 0 Å². The Labute approximate surface area is 199 Å². The van der Waals surface area contributed by atoms with Crippen molar-refractivity contribution in [1.29, 1.82) is 0 Å². The molecule has 0 aliphatic carbocycles. The number of nitrogens with one attached hydrogen (secondary N) is 2. The number of primary amides is 1. The zero-order valence-electron chi connectivity index (χ0n) is 15.4. The average Bonchev–Trinajstić information content (AvgIpc) is 2.66. The molecule has 2 aromatic rings. The van der Waals surface area contributed by atoms with Crippen LogP contribution in [-0.2, 0) is 4.79 Å². The Bertz CT molecular complexity index is 660. The fourth-order valence-electron chi connectivity index (χ4n) is 1.90. The van der Waals surface area contributed by atoms with E-state index in [1.165, 1.54) is 0 Å². The summed E-state index contributed by atoms with van der Waals surface area (Å²) in [4.78, 5) is 9.51. The number of rotatable bonds is 7. The van der Waals surface area contributed by atoms with Gasteiger partial charge in [-0.15, -0.1) is 0 Å². The third-order valence-corrected chi connectivity index (χ3v) is 3.52. The molecular formula is C19H26N3NaO3S2. The van der Waals surface area contributed by atoms with Gasteiger partial charge >= 0.3 is 29.6 Å². The first-order chi connectivity index (χ1) is 13.0. The van der Waals surface area contributed by atoms with E-state index in [-0.39, 0.29) is 41.2 Å². The number of carbonyl (C=O) groups is 1. The maximum atomic E-state index is 9.51. The van der Waals surface area contributed by atoms with Gasteiger partial charge in [-0.1, -0.05) is 0 Å². The second kappa shape index (κ2) is 15.5. The van der Waals surface area contributed by atoms with E-state index in [0.29, 0.717) is 18.3 Å². The van der Waals surface area contributed by atoms with Crippen molar-refractivity contribution < 1.29 is 14.3 Å². The summed E-state index contributed by atoms with van der Waals surface area (Å²) >= 11 is 8.84. The molecule has 0 saturated carbocycles. The predicted octanol–water partition coefficient (Wildman–Crippen LogP) is 3.05. The number of carbonyl (C=O) groups excluding carboxylic acids is 1. The fourth-order valence-corrected chi connectivity index (χ4v) is 2.13. The maximum absolute atomic E-state index is 9.51. The molecule has 0 aliphatic rings. The van der Waals surface area contributed by atoms with Gasteiger partial charge in [-0.2, -0.15) is 12.6 Å². The Balaban J connectivity index is 0.00000108. The number of benzene rings is 2. The Kier molecular flexibility index (Phi) is 14.7. The third-order valence-electron chi connectivity index (χ3n) is 3.00. The standard InChI is InChI=1S/C17H20N2O2S.C2H5NOS.Na.H/c1-3-20-15-9-5-13(6-10-15)18-17(22)19-14-7-11-16(12-8-14)21-4-2;3-2(4)1-5;;/h5-12H,3-4H2,1-2H3,(H2,18,19,22);5H,1H2,(H2,3,4);;. The summed E-state index contributed by atoms with van der Waals surface area (Å²) in [6, 6.07) is 15.3. The van der Waals surface area contributed by atoms with Crippen LogP contribution >= 0.6 is 24.8 Å². The van der Waals surface area contributed by atoms with E-state index < -0.39 is 0 Å². The van der Waals surface area contributed by atoms with Crippen LogP contribution in [0.3, 0.4) is 0 Å². The van der Waals surface area contributed by atoms with E-state index in [1.54, 1.807) is 0 Å². The van der Waals surface area contributed by atoms with Crippen LogP contribution in [-0.4, -0.2) is 59.5 Å². The normalized spacial score (nSPS) is 9.11. The molecule has 0 saturated heterocycles. The Morgan fingerprint density at radius 2 is 1.25 bits per heavy atom.